The van der Waals surface area contributed by atoms with Crippen LogP contribution in [0.25, 0.3) is 0 Å². The molecule has 1 radical (unpaired) electrons. The summed E-state index contributed by atoms with van der Waals surface area (Å²) in [5.41, 5.74) is 0. The highest BCUT2D eigenvalue weighted by atomic mass is 16.4. The number of rotatable bonds is 6. The summed E-state index contributed by atoms with van der Waals surface area (Å²) in [4.78, 5) is 12.6. The van der Waals surface area contributed by atoms with Gasteiger partial charge in [-0.05, 0) is 51.2 Å². The molecule has 1 saturated heterocycles. The fourth-order valence-electron chi connectivity index (χ4n) is 2.12. The van der Waals surface area contributed by atoms with Gasteiger partial charge in [-0.25, -0.2) is 5.11 Å². The second kappa shape index (κ2) is 6.80. The van der Waals surface area contributed by atoms with Crippen LogP contribution in [-0.2, 0) is 9.90 Å². The normalized spacial score (nSPS) is 19.3. The van der Waals surface area contributed by atoms with Gasteiger partial charge in [0.05, 0.1) is 6.61 Å². The molecule has 0 aliphatic carbocycles. The van der Waals surface area contributed by atoms with Crippen LogP contribution >= 0.6 is 0 Å². The van der Waals surface area contributed by atoms with Gasteiger partial charge in [0.15, 0.2) is 0 Å². The van der Waals surface area contributed by atoms with Crippen LogP contribution in [0, 0.1) is 5.92 Å². The van der Waals surface area contributed by atoms with E-state index in [0.717, 1.165) is 45.3 Å². The zero-order chi connectivity index (χ0) is 11.1. The highest BCUT2D eigenvalue weighted by Gasteiger charge is 2.18. The van der Waals surface area contributed by atoms with Crippen molar-refractivity contribution in [2.24, 2.45) is 5.92 Å². The third-order valence-electron chi connectivity index (χ3n) is 3.10. The molecule has 0 aromatic rings. The largest absolute Gasteiger partial charge is 0.481 e. The van der Waals surface area contributed by atoms with Gasteiger partial charge in [0.2, 0.25) is 0 Å². The molecule has 0 aromatic carbocycles. The molecule has 4 heteroatoms. The fraction of sp³-hybridized carbons (Fsp3) is 0.909. The Kier molecular flexibility index (Phi) is 5.65. The molecule has 0 amide bonds. The van der Waals surface area contributed by atoms with E-state index >= 15 is 0 Å². The molecular formula is C11H20NO3. The number of hydrogen-bond donors (Lipinski definition) is 1. The lowest BCUT2D eigenvalue weighted by Crippen LogP contribution is -2.34. The summed E-state index contributed by atoms with van der Waals surface area (Å²) in [6, 6.07) is 0. The number of piperidine rings is 1. The van der Waals surface area contributed by atoms with Crippen molar-refractivity contribution in [3.05, 3.63) is 0 Å². The molecule has 1 aliphatic heterocycles. The minimum atomic E-state index is -0.712. The van der Waals surface area contributed by atoms with Gasteiger partial charge in [0, 0.05) is 6.42 Å². The van der Waals surface area contributed by atoms with Crippen LogP contribution in [0.5, 0.6) is 0 Å². The first kappa shape index (κ1) is 12.5. The molecule has 0 unspecified atom stereocenters. The lowest BCUT2D eigenvalue weighted by Gasteiger charge is -2.31. The van der Waals surface area contributed by atoms with Crippen molar-refractivity contribution in [1.29, 1.82) is 0 Å². The number of aliphatic carboxylic acids is 1. The summed E-state index contributed by atoms with van der Waals surface area (Å²) in [5.74, 6) is -0.102. The van der Waals surface area contributed by atoms with Gasteiger partial charge in [-0.3, -0.25) is 4.79 Å². The molecule has 1 aliphatic rings. The van der Waals surface area contributed by atoms with E-state index < -0.39 is 5.97 Å². The van der Waals surface area contributed by atoms with Crippen molar-refractivity contribution < 1.29 is 15.0 Å². The number of carbonyl (C=O) groups is 1. The van der Waals surface area contributed by atoms with Crippen LogP contribution < -0.4 is 0 Å². The highest BCUT2D eigenvalue weighted by molar-refractivity contribution is 5.66. The van der Waals surface area contributed by atoms with E-state index in [4.69, 9.17) is 5.11 Å². The highest BCUT2D eigenvalue weighted by Crippen LogP contribution is 2.20. The lowest BCUT2D eigenvalue weighted by atomic mass is 9.94. The second-order valence-corrected chi connectivity index (χ2v) is 4.28. The average Bonchev–Trinajstić information content (AvgIpc) is 2.20. The fourth-order valence-corrected chi connectivity index (χ4v) is 2.12. The molecular weight excluding hydrogens is 194 g/mol. The standard InChI is InChI=1S/C11H20NO3/c13-9-5-10-3-7-12(8-4-10)6-1-2-11(14)15/h10H,1-9H2,(H,14,15). The molecule has 0 spiro atoms. The van der Waals surface area contributed by atoms with Crippen molar-refractivity contribution >= 4 is 5.97 Å². The monoisotopic (exact) mass is 214 g/mol. The predicted octanol–water partition coefficient (Wildman–Crippen LogP) is 1.38. The Balaban J connectivity index is 2.06. The Morgan fingerprint density at radius 1 is 1.33 bits per heavy atom. The van der Waals surface area contributed by atoms with E-state index in [-0.39, 0.29) is 13.0 Å². The lowest BCUT2D eigenvalue weighted by molar-refractivity contribution is -0.137. The quantitative estimate of drug-likeness (QED) is 0.726. The Labute approximate surface area is 90.9 Å². The maximum atomic E-state index is 10.4. The van der Waals surface area contributed by atoms with Gasteiger partial charge in [0.25, 0.3) is 0 Å². The number of nitrogens with zero attached hydrogens (tertiary/aromatic N) is 1. The Hall–Kier alpha value is -0.610. The van der Waals surface area contributed by atoms with Crippen molar-refractivity contribution in [3.8, 4) is 0 Å². The summed E-state index contributed by atoms with van der Waals surface area (Å²) in [5, 5.41) is 18.9. The number of likely N-dealkylation sites (tertiary alicyclic amines) is 1. The summed E-state index contributed by atoms with van der Waals surface area (Å²) < 4.78 is 0. The summed E-state index contributed by atoms with van der Waals surface area (Å²) in [7, 11) is 0. The Bertz CT molecular complexity index is 188. The molecule has 1 fully saturated rings. The van der Waals surface area contributed by atoms with Crippen LogP contribution in [0.4, 0.5) is 0 Å². The molecule has 15 heavy (non-hydrogen) atoms. The summed E-state index contributed by atoms with van der Waals surface area (Å²) in [6.45, 7) is 2.99. The van der Waals surface area contributed by atoms with Crippen LogP contribution in [-0.4, -0.2) is 42.2 Å². The van der Waals surface area contributed by atoms with E-state index in [9.17, 15) is 9.90 Å². The van der Waals surface area contributed by atoms with Crippen molar-refractivity contribution in [2.45, 2.75) is 32.1 Å². The zero-order valence-electron chi connectivity index (χ0n) is 9.15. The summed E-state index contributed by atoms with van der Waals surface area (Å²) in [6.07, 6.45) is 4.02. The minimum absolute atomic E-state index is 0.0453. The van der Waals surface area contributed by atoms with E-state index in [1.807, 2.05) is 0 Å². The van der Waals surface area contributed by atoms with Gasteiger partial charge >= 0.3 is 5.97 Å². The van der Waals surface area contributed by atoms with E-state index in [0.29, 0.717) is 5.92 Å². The summed E-state index contributed by atoms with van der Waals surface area (Å²) >= 11 is 0. The third kappa shape index (κ3) is 5.14. The Morgan fingerprint density at radius 3 is 2.53 bits per heavy atom. The Morgan fingerprint density at radius 2 is 2.00 bits per heavy atom. The SMILES string of the molecule is [O]CCC1CCN(CCCC(=O)O)CC1. The second-order valence-electron chi connectivity index (χ2n) is 4.28. The first-order valence-electron chi connectivity index (χ1n) is 5.74. The predicted molar refractivity (Wildman–Crippen MR) is 56.2 cm³/mol. The van der Waals surface area contributed by atoms with Crippen molar-refractivity contribution in [2.75, 3.05) is 26.2 Å². The minimum Gasteiger partial charge on any atom is -0.481 e. The van der Waals surface area contributed by atoms with Gasteiger partial charge in [-0.15, -0.1) is 0 Å². The van der Waals surface area contributed by atoms with E-state index in [1.54, 1.807) is 0 Å². The number of carboxylic acids is 1. The molecule has 1 rings (SSSR count). The molecule has 0 atom stereocenters. The molecule has 0 bridgehead atoms. The van der Waals surface area contributed by atoms with Gasteiger partial charge in [0.1, 0.15) is 0 Å². The molecule has 0 aromatic heterocycles. The third-order valence-corrected chi connectivity index (χ3v) is 3.10. The first-order chi connectivity index (χ1) is 7.22. The van der Waals surface area contributed by atoms with E-state index in [2.05, 4.69) is 4.90 Å². The zero-order valence-corrected chi connectivity index (χ0v) is 9.15. The maximum Gasteiger partial charge on any atom is 0.303 e. The smallest absolute Gasteiger partial charge is 0.303 e. The molecule has 1 N–H and O–H groups in total. The van der Waals surface area contributed by atoms with Crippen LogP contribution in [0.1, 0.15) is 32.1 Å². The molecule has 4 nitrogen and oxygen atoms in total. The van der Waals surface area contributed by atoms with Gasteiger partial charge in [-0.2, -0.15) is 0 Å². The van der Waals surface area contributed by atoms with Crippen LogP contribution in [0.15, 0.2) is 0 Å². The van der Waals surface area contributed by atoms with E-state index in [1.165, 1.54) is 0 Å². The maximum absolute atomic E-state index is 10.4. The van der Waals surface area contributed by atoms with Gasteiger partial charge in [-0.1, -0.05) is 0 Å². The average molecular weight is 214 g/mol. The van der Waals surface area contributed by atoms with Gasteiger partial charge < -0.3 is 10.0 Å². The molecule has 1 heterocycles. The molecule has 87 valence electrons. The topological polar surface area (TPSA) is 60.4 Å². The van der Waals surface area contributed by atoms with Crippen LogP contribution in [0.3, 0.4) is 0 Å². The number of carboxylic acid groups (broad SMARTS) is 1. The van der Waals surface area contributed by atoms with Crippen molar-refractivity contribution in [1.82, 2.24) is 4.90 Å². The number of hydrogen-bond acceptors (Lipinski definition) is 2. The van der Waals surface area contributed by atoms with Crippen LogP contribution in [0.2, 0.25) is 0 Å². The molecule has 0 saturated carbocycles. The first-order valence-corrected chi connectivity index (χ1v) is 5.74. The van der Waals surface area contributed by atoms with Crippen molar-refractivity contribution in [3.63, 3.8) is 0 Å².